The average Bonchev–Trinajstić information content (AvgIpc) is 2.77. The van der Waals surface area contributed by atoms with E-state index in [1.807, 2.05) is 30.3 Å². The van der Waals surface area contributed by atoms with Crippen molar-refractivity contribution < 1.29 is 9.53 Å². The minimum Gasteiger partial charge on any atom is -0.461 e. The molecule has 0 fully saturated rings. The summed E-state index contributed by atoms with van der Waals surface area (Å²) in [7, 11) is 1.65. The van der Waals surface area contributed by atoms with Gasteiger partial charge < -0.3 is 4.74 Å². The minimum absolute atomic E-state index is 0.00662. The number of aromatic nitrogens is 2. The van der Waals surface area contributed by atoms with Crippen LogP contribution in [0.1, 0.15) is 17.4 Å². The van der Waals surface area contributed by atoms with Gasteiger partial charge >= 0.3 is 5.97 Å². The maximum absolute atomic E-state index is 11.7. The zero-order valence-electron chi connectivity index (χ0n) is 10.7. The Bertz CT molecular complexity index is 605. The Morgan fingerprint density at radius 1 is 1.37 bits per heavy atom. The summed E-state index contributed by atoms with van der Waals surface area (Å²) >= 11 is 0. The Labute approximate surface area is 110 Å². The molecule has 2 rings (SSSR count). The monoisotopic (exact) mass is 259 g/mol. The first-order valence-corrected chi connectivity index (χ1v) is 5.82. The lowest BCUT2D eigenvalue weighted by molar-refractivity contribution is 0.0519. The second-order valence-corrected chi connectivity index (χ2v) is 3.85. The van der Waals surface area contributed by atoms with Crippen molar-refractivity contribution in [3.63, 3.8) is 0 Å². The van der Waals surface area contributed by atoms with Gasteiger partial charge in [0.1, 0.15) is 0 Å². The number of esters is 1. The van der Waals surface area contributed by atoms with Crippen molar-refractivity contribution in [2.24, 2.45) is 12.2 Å². The highest BCUT2D eigenvalue weighted by Crippen LogP contribution is 2.33. The molecule has 1 aromatic heterocycles. The molecule has 0 atom stereocenters. The van der Waals surface area contributed by atoms with Crippen molar-refractivity contribution in [1.82, 2.24) is 9.78 Å². The van der Waals surface area contributed by atoms with E-state index in [2.05, 4.69) is 10.3 Å². The van der Waals surface area contributed by atoms with Crippen LogP contribution in [0.25, 0.3) is 11.3 Å². The van der Waals surface area contributed by atoms with Crippen LogP contribution in [0, 0.1) is 4.91 Å². The molecular formula is C13H13N3O3. The quantitative estimate of drug-likeness (QED) is 0.625. The van der Waals surface area contributed by atoms with Crippen LogP contribution in [0.5, 0.6) is 0 Å². The van der Waals surface area contributed by atoms with E-state index in [-0.39, 0.29) is 18.0 Å². The van der Waals surface area contributed by atoms with E-state index in [1.54, 1.807) is 14.0 Å². The molecule has 0 spiro atoms. The fourth-order valence-corrected chi connectivity index (χ4v) is 1.86. The van der Waals surface area contributed by atoms with Crippen LogP contribution in [0.3, 0.4) is 0 Å². The standard InChI is InChI=1S/C13H13N3O3/c1-3-19-13(17)11-10(15-18)12(16(2)14-11)9-7-5-4-6-8-9/h4-8H,3H2,1-2H3. The third-order valence-corrected chi connectivity index (χ3v) is 2.63. The van der Waals surface area contributed by atoms with Gasteiger partial charge in [0.05, 0.1) is 12.3 Å². The molecule has 0 aliphatic carbocycles. The van der Waals surface area contributed by atoms with E-state index in [0.717, 1.165) is 5.56 Å². The second kappa shape index (κ2) is 5.43. The van der Waals surface area contributed by atoms with E-state index < -0.39 is 5.97 Å². The number of nitrogens with zero attached hydrogens (tertiary/aromatic N) is 3. The van der Waals surface area contributed by atoms with Gasteiger partial charge in [0, 0.05) is 12.6 Å². The number of carbonyl (C=O) groups is 1. The van der Waals surface area contributed by atoms with Gasteiger partial charge in [0.15, 0.2) is 11.4 Å². The maximum Gasteiger partial charge on any atom is 0.361 e. The molecule has 0 amide bonds. The largest absolute Gasteiger partial charge is 0.461 e. The molecular weight excluding hydrogens is 246 g/mol. The summed E-state index contributed by atoms with van der Waals surface area (Å²) in [6.07, 6.45) is 0. The van der Waals surface area contributed by atoms with Gasteiger partial charge in [-0.05, 0) is 12.1 Å². The van der Waals surface area contributed by atoms with Crippen molar-refractivity contribution in [1.29, 1.82) is 0 Å². The van der Waals surface area contributed by atoms with Crippen molar-refractivity contribution in [2.75, 3.05) is 6.61 Å². The van der Waals surface area contributed by atoms with Gasteiger partial charge in [-0.2, -0.15) is 5.10 Å². The van der Waals surface area contributed by atoms with E-state index in [0.29, 0.717) is 5.69 Å². The molecule has 0 N–H and O–H groups in total. The topological polar surface area (TPSA) is 73.5 Å². The fourth-order valence-electron chi connectivity index (χ4n) is 1.86. The summed E-state index contributed by atoms with van der Waals surface area (Å²) in [5.74, 6) is -0.644. The number of nitroso groups, excluding NO2 is 1. The molecule has 0 radical (unpaired) electrons. The van der Waals surface area contributed by atoms with Crippen LogP contribution in [-0.4, -0.2) is 22.4 Å². The first-order chi connectivity index (χ1) is 9.19. The third kappa shape index (κ3) is 2.37. The Morgan fingerprint density at radius 3 is 2.63 bits per heavy atom. The van der Waals surface area contributed by atoms with E-state index in [9.17, 15) is 9.70 Å². The summed E-state index contributed by atoms with van der Waals surface area (Å²) in [5, 5.41) is 6.96. The first-order valence-electron chi connectivity index (χ1n) is 5.82. The number of aryl methyl sites for hydroxylation is 1. The Morgan fingerprint density at radius 2 is 2.05 bits per heavy atom. The Hall–Kier alpha value is -2.50. The van der Waals surface area contributed by atoms with Crippen molar-refractivity contribution in [3.05, 3.63) is 40.9 Å². The van der Waals surface area contributed by atoms with Gasteiger partial charge in [0.25, 0.3) is 0 Å². The van der Waals surface area contributed by atoms with Gasteiger partial charge in [0.2, 0.25) is 0 Å². The third-order valence-electron chi connectivity index (χ3n) is 2.63. The molecule has 0 saturated heterocycles. The lowest BCUT2D eigenvalue weighted by Gasteiger charge is -2.01. The molecule has 1 heterocycles. The van der Waals surface area contributed by atoms with E-state index >= 15 is 0 Å². The molecule has 0 aliphatic heterocycles. The zero-order chi connectivity index (χ0) is 13.8. The lowest BCUT2D eigenvalue weighted by atomic mass is 10.1. The highest BCUT2D eigenvalue weighted by Gasteiger charge is 2.24. The van der Waals surface area contributed by atoms with E-state index in [1.165, 1.54) is 4.68 Å². The minimum atomic E-state index is -0.644. The van der Waals surface area contributed by atoms with E-state index in [4.69, 9.17) is 4.74 Å². The molecule has 0 unspecified atom stereocenters. The van der Waals surface area contributed by atoms with Crippen LogP contribution in [-0.2, 0) is 11.8 Å². The normalized spacial score (nSPS) is 10.2. The number of rotatable bonds is 4. The highest BCUT2D eigenvalue weighted by atomic mass is 16.5. The maximum atomic E-state index is 11.7. The summed E-state index contributed by atoms with van der Waals surface area (Å²) in [6, 6.07) is 9.17. The predicted molar refractivity (Wildman–Crippen MR) is 70.1 cm³/mol. The van der Waals surface area contributed by atoms with Gasteiger partial charge in [-0.1, -0.05) is 30.3 Å². The molecule has 0 aliphatic rings. The van der Waals surface area contributed by atoms with Crippen molar-refractivity contribution in [3.8, 4) is 11.3 Å². The van der Waals surface area contributed by atoms with Gasteiger partial charge in [-0.3, -0.25) is 4.68 Å². The number of ether oxygens (including phenoxy) is 1. The first kappa shape index (κ1) is 12.9. The summed E-state index contributed by atoms with van der Waals surface area (Å²) in [4.78, 5) is 22.8. The molecule has 19 heavy (non-hydrogen) atoms. The summed E-state index contributed by atoms with van der Waals surface area (Å²) in [6.45, 7) is 1.90. The van der Waals surface area contributed by atoms with Crippen LogP contribution < -0.4 is 0 Å². The SMILES string of the molecule is CCOC(=O)c1nn(C)c(-c2ccccc2)c1N=O. The molecule has 98 valence electrons. The smallest absolute Gasteiger partial charge is 0.361 e. The van der Waals surface area contributed by atoms with Crippen LogP contribution in [0.4, 0.5) is 5.69 Å². The molecule has 6 nitrogen and oxygen atoms in total. The number of hydrogen-bond acceptors (Lipinski definition) is 5. The number of benzene rings is 1. The molecule has 6 heteroatoms. The molecule has 2 aromatic rings. The zero-order valence-corrected chi connectivity index (χ0v) is 10.7. The highest BCUT2D eigenvalue weighted by molar-refractivity contribution is 5.96. The lowest BCUT2D eigenvalue weighted by Crippen LogP contribution is -2.06. The Balaban J connectivity index is 2.57. The van der Waals surface area contributed by atoms with Crippen molar-refractivity contribution >= 4 is 11.7 Å². The number of hydrogen-bond donors (Lipinski definition) is 0. The number of carbonyl (C=O) groups excluding carboxylic acids is 1. The fraction of sp³-hybridized carbons (Fsp3) is 0.231. The second-order valence-electron chi connectivity index (χ2n) is 3.85. The summed E-state index contributed by atoms with van der Waals surface area (Å²) in [5.41, 5.74) is 1.21. The van der Waals surface area contributed by atoms with Gasteiger partial charge in [-0.15, -0.1) is 4.91 Å². The average molecular weight is 259 g/mol. The van der Waals surface area contributed by atoms with Gasteiger partial charge in [-0.25, -0.2) is 4.79 Å². The molecule has 0 saturated carbocycles. The van der Waals surface area contributed by atoms with Crippen LogP contribution in [0.15, 0.2) is 35.5 Å². The molecule has 0 bridgehead atoms. The molecule has 1 aromatic carbocycles. The Kier molecular flexibility index (Phi) is 3.70. The van der Waals surface area contributed by atoms with Crippen LogP contribution in [0.2, 0.25) is 0 Å². The van der Waals surface area contributed by atoms with Crippen LogP contribution >= 0.6 is 0 Å². The summed E-state index contributed by atoms with van der Waals surface area (Å²) < 4.78 is 6.32. The van der Waals surface area contributed by atoms with Crippen molar-refractivity contribution in [2.45, 2.75) is 6.92 Å². The predicted octanol–water partition coefficient (Wildman–Crippen LogP) is 2.66.